The van der Waals surface area contributed by atoms with Crippen molar-refractivity contribution in [1.82, 2.24) is 0 Å². The molecule has 0 spiro atoms. The van der Waals surface area contributed by atoms with Crippen molar-refractivity contribution < 1.29 is 38.7 Å². The van der Waals surface area contributed by atoms with E-state index in [1.54, 1.807) is 43.3 Å². The second-order valence-corrected chi connectivity index (χ2v) is 12.5. The van der Waals surface area contributed by atoms with Crippen molar-refractivity contribution in [2.24, 2.45) is 29.1 Å². The monoisotopic (exact) mass is 637 g/mol. The van der Waals surface area contributed by atoms with E-state index < -0.39 is 63.6 Å². The average molecular weight is 638 g/mol. The molecular weight excluding hydrogens is 606 g/mol. The van der Waals surface area contributed by atoms with E-state index in [0.717, 1.165) is 4.90 Å². The van der Waals surface area contributed by atoms with Crippen molar-refractivity contribution in [3.63, 3.8) is 0 Å². The third-order valence-electron chi connectivity index (χ3n) is 10.4. The number of nitro benzene ring substituents is 1. The normalized spacial score (nSPS) is 28.1. The van der Waals surface area contributed by atoms with E-state index in [2.05, 4.69) is 0 Å². The minimum absolute atomic E-state index is 0.125. The van der Waals surface area contributed by atoms with Crippen LogP contribution in [-0.2, 0) is 19.2 Å². The van der Waals surface area contributed by atoms with Gasteiger partial charge in [0.05, 0.1) is 53.7 Å². The Morgan fingerprint density at radius 1 is 0.872 bits per heavy atom. The molecule has 47 heavy (non-hydrogen) atoms. The molecule has 3 aromatic carbocycles. The standard InChI is InChI=1S/C35H31N3O9/c1-35-25(32(41)37(34(35)43)18-7-5-4-6-8-18)17-24-22(30(35)29-26(39)15-21(46-2)16-27(29)47-3)13-14-23-28(24)33(42)36(31(23)40)19-9-11-20(12-10-19)38(44)45/h4-13,15-16,23-25,28,30,39H,14,17H2,1-3H3. The molecule has 7 rings (SSSR count). The van der Waals surface area contributed by atoms with Gasteiger partial charge in [-0.25, -0.2) is 4.90 Å². The molecule has 0 bridgehead atoms. The van der Waals surface area contributed by atoms with Crippen LogP contribution in [0.15, 0.2) is 78.4 Å². The zero-order valence-corrected chi connectivity index (χ0v) is 25.8. The van der Waals surface area contributed by atoms with Gasteiger partial charge in [0, 0.05) is 35.7 Å². The first-order valence-corrected chi connectivity index (χ1v) is 15.2. The lowest BCUT2D eigenvalue weighted by Gasteiger charge is -2.49. The molecule has 6 unspecified atom stereocenters. The molecule has 2 aliphatic heterocycles. The number of aromatic hydroxyl groups is 1. The van der Waals surface area contributed by atoms with Gasteiger partial charge < -0.3 is 14.6 Å². The number of rotatable bonds is 6. The van der Waals surface area contributed by atoms with E-state index >= 15 is 0 Å². The molecule has 6 atom stereocenters. The Morgan fingerprint density at radius 3 is 2.19 bits per heavy atom. The molecular formula is C35H31N3O9. The molecule has 1 N–H and O–H groups in total. The second-order valence-electron chi connectivity index (χ2n) is 12.5. The number of hydrogen-bond acceptors (Lipinski definition) is 9. The fourth-order valence-electron chi connectivity index (χ4n) is 8.29. The van der Waals surface area contributed by atoms with Gasteiger partial charge in [-0.15, -0.1) is 0 Å². The quantitative estimate of drug-likeness (QED) is 0.174. The molecule has 0 radical (unpaired) electrons. The first kappa shape index (κ1) is 30.2. The number of hydrogen-bond donors (Lipinski definition) is 1. The molecule has 240 valence electrons. The number of allylic oxidation sites excluding steroid dienone is 2. The summed E-state index contributed by atoms with van der Waals surface area (Å²) in [5.74, 6) is -5.42. The maximum Gasteiger partial charge on any atom is 0.269 e. The molecule has 3 aromatic rings. The summed E-state index contributed by atoms with van der Waals surface area (Å²) < 4.78 is 11.1. The second kappa shape index (κ2) is 10.8. The van der Waals surface area contributed by atoms with E-state index in [1.807, 2.05) is 6.08 Å². The number of nitro groups is 1. The van der Waals surface area contributed by atoms with Crippen molar-refractivity contribution >= 4 is 40.7 Å². The molecule has 4 amide bonds. The number of non-ortho nitro benzene ring substituents is 1. The zero-order valence-electron chi connectivity index (χ0n) is 25.8. The summed E-state index contributed by atoms with van der Waals surface area (Å²) in [6, 6.07) is 16.9. The van der Waals surface area contributed by atoms with Gasteiger partial charge in [-0.2, -0.15) is 0 Å². The number of phenolic OH excluding ortho intramolecular Hbond substituents is 1. The highest BCUT2D eigenvalue weighted by atomic mass is 16.6. The number of methoxy groups -OCH3 is 2. The van der Waals surface area contributed by atoms with E-state index in [1.165, 1.54) is 49.5 Å². The maximum atomic E-state index is 14.6. The summed E-state index contributed by atoms with van der Waals surface area (Å²) in [6.45, 7) is 1.72. The lowest BCUT2D eigenvalue weighted by atomic mass is 9.51. The lowest BCUT2D eigenvalue weighted by Crippen LogP contribution is -2.49. The van der Waals surface area contributed by atoms with Gasteiger partial charge in [-0.1, -0.05) is 29.8 Å². The van der Waals surface area contributed by atoms with Crippen molar-refractivity contribution in [2.45, 2.75) is 25.7 Å². The van der Waals surface area contributed by atoms with Crippen LogP contribution in [0.3, 0.4) is 0 Å². The van der Waals surface area contributed by atoms with Crippen LogP contribution in [0.2, 0.25) is 0 Å². The number of anilines is 2. The maximum absolute atomic E-state index is 14.6. The van der Waals surface area contributed by atoms with Crippen molar-refractivity contribution in [1.29, 1.82) is 0 Å². The van der Waals surface area contributed by atoms with Gasteiger partial charge in [0.15, 0.2) is 0 Å². The first-order valence-electron chi connectivity index (χ1n) is 15.2. The molecule has 2 heterocycles. The number of amides is 4. The van der Waals surface area contributed by atoms with Crippen LogP contribution in [0, 0.1) is 39.2 Å². The Labute approximate surface area is 269 Å². The average Bonchev–Trinajstić information content (AvgIpc) is 3.44. The molecule has 1 saturated carbocycles. The Bertz CT molecular complexity index is 1890. The number of carbonyl (C=O) groups is 4. The zero-order chi connectivity index (χ0) is 33.4. The van der Waals surface area contributed by atoms with Crippen molar-refractivity contribution in [3.8, 4) is 17.2 Å². The summed E-state index contributed by atoms with van der Waals surface area (Å²) >= 11 is 0. The highest BCUT2D eigenvalue weighted by molar-refractivity contribution is 6.25. The fourth-order valence-corrected chi connectivity index (χ4v) is 8.29. The number of fused-ring (bicyclic) bond motifs is 4. The molecule has 12 heteroatoms. The third kappa shape index (κ3) is 4.20. The highest BCUT2D eigenvalue weighted by Crippen LogP contribution is 2.65. The van der Waals surface area contributed by atoms with Gasteiger partial charge >= 0.3 is 0 Å². The summed E-state index contributed by atoms with van der Waals surface area (Å²) in [7, 11) is 2.88. The number of nitrogens with zero attached hydrogens (tertiary/aromatic N) is 3. The van der Waals surface area contributed by atoms with Crippen molar-refractivity contribution in [3.05, 3.63) is 94.1 Å². The van der Waals surface area contributed by atoms with E-state index in [9.17, 15) is 34.4 Å². The van der Waals surface area contributed by atoms with Crippen LogP contribution in [-0.4, -0.2) is 47.9 Å². The third-order valence-corrected chi connectivity index (χ3v) is 10.4. The van der Waals surface area contributed by atoms with Crippen LogP contribution < -0.4 is 19.3 Å². The van der Waals surface area contributed by atoms with E-state index in [0.29, 0.717) is 17.0 Å². The van der Waals surface area contributed by atoms with Gasteiger partial charge in [0.25, 0.3) is 5.69 Å². The minimum atomic E-state index is -1.38. The molecule has 0 aromatic heterocycles. The molecule has 2 aliphatic carbocycles. The Hall–Kier alpha value is -5.52. The Balaban J connectivity index is 1.38. The predicted molar refractivity (Wildman–Crippen MR) is 168 cm³/mol. The van der Waals surface area contributed by atoms with E-state index in [-0.39, 0.29) is 41.3 Å². The Morgan fingerprint density at radius 2 is 1.55 bits per heavy atom. The van der Waals surface area contributed by atoms with Crippen LogP contribution in [0.1, 0.15) is 31.2 Å². The van der Waals surface area contributed by atoms with Gasteiger partial charge in [-0.05, 0) is 49.9 Å². The number of imide groups is 2. The van der Waals surface area contributed by atoms with Gasteiger partial charge in [0.2, 0.25) is 23.6 Å². The fraction of sp³-hybridized carbons (Fsp3) is 0.314. The minimum Gasteiger partial charge on any atom is -0.507 e. The van der Waals surface area contributed by atoms with E-state index in [4.69, 9.17) is 9.47 Å². The smallest absolute Gasteiger partial charge is 0.269 e. The van der Waals surface area contributed by atoms with Crippen LogP contribution in [0.5, 0.6) is 17.2 Å². The number of ether oxygens (including phenoxy) is 2. The topological polar surface area (TPSA) is 157 Å². The molecule has 4 aliphatic rings. The SMILES string of the molecule is COc1cc(O)c(C2C3=CCC4C(=O)N(c5ccc([N+](=O)[O-])cc5)C(=O)C4C3CC3C(=O)N(c4ccccc4)C(=O)C32C)c(OC)c1. The van der Waals surface area contributed by atoms with Crippen molar-refractivity contribution in [2.75, 3.05) is 24.0 Å². The van der Waals surface area contributed by atoms with Crippen LogP contribution in [0.25, 0.3) is 0 Å². The number of phenols is 1. The lowest BCUT2D eigenvalue weighted by molar-refractivity contribution is -0.384. The number of benzene rings is 3. The predicted octanol–water partition coefficient (Wildman–Crippen LogP) is 4.75. The summed E-state index contributed by atoms with van der Waals surface area (Å²) in [5, 5.41) is 22.7. The highest BCUT2D eigenvalue weighted by Gasteiger charge is 2.68. The van der Waals surface area contributed by atoms with Crippen LogP contribution in [0.4, 0.5) is 17.1 Å². The Kier molecular flexibility index (Phi) is 6.92. The molecule has 3 fully saturated rings. The van der Waals surface area contributed by atoms with Gasteiger partial charge in [0.1, 0.15) is 17.2 Å². The van der Waals surface area contributed by atoms with Crippen LogP contribution >= 0.6 is 0 Å². The summed E-state index contributed by atoms with van der Waals surface area (Å²) in [5.41, 5.74) is 0.0289. The molecule has 12 nitrogen and oxygen atoms in total. The summed E-state index contributed by atoms with van der Waals surface area (Å²) in [4.78, 5) is 69.8. The summed E-state index contributed by atoms with van der Waals surface area (Å²) in [6.07, 6.45) is 2.18. The molecule has 2 saturated heterocycles. The first-order chi connectivity index (χ1) is 22.5. The number of carbonyl (C=O) groups excluding carboxylic acids is 4. The number of para-hydroxylation sites is 1. The van der Waals surface area contributed by atoms with Gasteiger partial charge in [-0.3, -0.25) is 34.2 Å². The largest absolute Gasteiger partial charge is 0.507 e.